The number of ether oxygens (including phenoxy) is 2. The van der Waals surface area contributed by atoms with Crippen molar-refractivity contribution in [2.24, 2.45) is 4.99 Å². The van der Waals surface area contributed by atoms with Crippen molar-refractivity contribution in [1.29, 1.82) is 0 Å². The number of benzene rings is 3. The number of hydrogen-bond donors (Lipinski definition) is 0. The van der Waals surface area contributed by atoms with Crippen molar-refractivity contribution in [1.82, 2.24) is 0 Å². The molecule has 166 valence electrons. The number of nitrogens with zero attached hydrogens (tertiary/aromatic N) is 1. The van der Waals surface area contributed by atoms with E-state index in [1.165, 1.54) is 6.07 Å². The van der Waals surface area contributed by atoms with E-state index in [9.17, 15) is 0 Å². The SMILES string of the molecule is CCCCCc1c(C)c(F)cc(N=C(c2ccccc2)c2ccccc2)c1C1OCCO1. The van der Waals surface area contributed by atoms with Gasteiger partial charge >= 0.3 is 0 Å². The first-order valence-corrected chi connectivity index (χ1v) is 11.4. The van der Waals surface area contributed by atoms with Crippen molar-refractivity contribution in [3.63, 3.8) is 0 Å². The van der Waals surface area contributed by atoms with E-state index in [2.05, 4.69) is 6.92 Å². The molecule has 1 aliphatic heterocycles. The molecular weight excluding hydrogens is 401 g/mol. The van der Waals surface area contributed by atoms with E-state index in [0.29, 0.717) is 24.5 Å². The van der Waals surface area contributed by atoms with Gasteiger partial charge in [0.15, 0.2) is 6.29 Å². The van der Waals surface area contributed by atoms with E-state index in [4.69, 9.17) is 14.5 Å². The van der Waals surface area contributed by atoms with Crippen LogP contribution in [0, 0.1) is 12.7 Å². The van der Waals surface area contributed by atoms with Gasteiger partial charge in [0, 0.05) is 22.8 Å². The van der Waals surface area contributed by atoms with Gasteiger partial charge in [-0.2, -0.15) is 0 Å². The van der Waals surface area contributed by atoms with E-state index in [0.717, 1.165) is 53.6 Å². The second kappa shape index (κ2) is 10.7. The van der Waals surface area contributed by atoms with Crippen LogP contribution < -0.4 is 0 Å². The number of halogens is 1. The fourth-order valence-electron chi connectivity index (χ4n) is 4.17. The average molecular weight is 432 g/mol. The summed E-state index contributed by atoms with van der Waals surface area (Å²) in [7, 11) is 0. The summed E-state index contributed by atoms with van der Waals surface area (Å²) in [6.45, 7) is 5.08. The molecule has 0 bridgehead atoms. The molecule has 0 aliphatic carbocycles. The second-order valence-electron chi connectivity index (χ2n) is 8.12. The quantitative estimate of drug-likeness (QED) is 0.282. The van der Waals surface area contributed by atoms with Crippen LogP contribution in [0.15, 0.2) is 71.7 Å². The minimum atomic E-state index is -0.516. The fourth-order valence-corrected chi connectivity index (χ4v) is 4.17. The van der Waals surface area contributed by atoms with Gasteiger partial charge in [-0.25, -0.2) is 9.38 Å². The molecule has 0 unspecified atom stereocenters. The maximum absolute atomic E-state index is 15.1. The molecule has 0 spiro atoms. The van der Waals surface area contributed by atoms with Crippen molar-refractivity contribution in [2.75, 3.05) is 13.2 Å². The molecule has 0 aromatic heterocycles. The number of rotatable bonds is 8. The molecule has 1 aliphatic rings. The molecule has 4 rings (SSSR count). The normalized spacial score (nSPS) is 14.0. The first kappa shape index (κ1) is 22.4. The summed E-state index contributed by atoms with van der Waals surface area (Å²) in [5, 5.41) is 0. The Labute approximate surface area is 189 Å². The lowest BCUT2D eigenvalue weighted by Gasteiger charge is -2.21. The van der Waals surface area contributed by atoms with Crippen LogP contribution in [0.3, 0.4) is 0 Å². The zero-order chi connectivity index (χ0) is 22.3. The topological polar surface area (TPSA) is 30.8 Å². The third-order valence-corrected chi connectivity index (χ3v) is 5.89. The molecule has 1 fully saturated rings. The van der Waals surface area contributed by atoms with Crippen LogP contribution in [0.5, 0.6) is 0 Å². The van der Waals surface area contributed by atoms with Crippen LogP contribution in [0.2, 0.25) is 0 Å². The number of hydrogen-bond acceptors (Lipinski definition) is 3. The lowest BCUT2D eigenvalue weighted by Crippen LogP contribution is -2.09. The Bertz CT molecular complexity index is 1020. The van der Waals surface area contributed by atoms with Gasteiger partial charge in [-0.05, 0) is 30.9 Å². The van der Waals surface area contributed by atoms with E-state index in [1.807, 2.05) is 67.6 Å². The van der Waals surface area contributed by atoms with Gasteiger partial charge in [0.2, 0.25) is 0 Å². The zero-order valence-corrected chi connectivity index (χ0v) is 18.8. The maximum Gasteiger partial charge on any atom is 0.186 e. The van der Waals surface area contributed by atoms with Crippen LogP contribution in [0.4, 0.5) is 10.1 Å². The van der Waals surface area contributed by atoms with Gasteiger partial charge in [-0.3, -0.25) is 0 Å². The fraction of sp³-hybridized carbons (Fsp3) is 0.321. The van der Waals surface area contributed by atoms with E-state index in [1.54, 1.807) is 0 Å². The molecule has 32 heavy (non-hydrogen) atoms. The lowest BCUT2D eigenvalue weighted by atomic mass is 9.93. The van der Waals surface area contributed by atoms with Crippen molar-refractivity contribution in [3.05, 3.63) is 100 Å². The summed E-state index contributed by atoms with van der Waals surface area (Å²) in [4.78, 5) is 5.05. The van der Waals surface area contributed by atoms with Crippen LogP contribution in [-0.2, 0) is 15.9 Å². The predicted molar refractivity (Wildman–Crippen MR) is 127 cm³/mol. The zero-order valence-electron chi connectivity index (χ0n) is 18.8. The summed E-state index contributed by atoms with van der Waals surface area (Å²) < 4.78 is 26.9. The van der Waals surface area contributed by atoms with Crippen LogP contribution in [0.1, 0.15) is 60.3 Å². The number of aliphatic imine (C=N–C) groups is 1. The molecule has 3 aromatic rings. The molecular formula is C28H30FNO2. The van der Waals surface area contributed by atoms with E-state index >= 15 is 4.39 Å². The van der Waals surface area contributed by atoms with Gasteiger partial charge < -0.3 is 9.47 Å². The molecule has 3 aromatic carbocycles. The number of unbranched alkanes of at least 4 members (excludes halogenated alkanes) is 2. The highest BCUT2D eigenvalue weighted by Crippen LogP contribution is 2.39. The lowest BCUT2D eigenvalue weighted by molar-refractivity contribution is -0.0443. The van der Waals surface area contributed by atoms with Gasteiger partial charge in [-0.15, -0.1) is 0 Å². The maximum atomic E-state index is 15.1. The summed E-state index contributed by atoms with van der Waals surface area (Å²) in [6.07, 6.45) is 3.47. The highest BCUT2D eigenvalue weighted by Gasteiger charge is 2.27. The van der Waals surface area contributed by atoms with Crippen molar-refractivity contribution < 1.29 is 13.9 Å². The molecule has 0 saturated carbocycles. The van der Waals surface area contributed by atoms with Crippen LogP contribution in [0.25, 0.3) is 0 Å². The smallest absolute Gasteiger partial charge is 0.186 e. The molecule has 0 atom stereocenters. The van der Waals surface area contributed by atoms with Crippen LogP contribution >= 0.6 is 0 Å². The molecule has 1 heterocycles. The van der Waals surface area contributed by atoms with Crippen molar-refractivity contribution in [2.45, 2.75) is 45.8 Å². The third kappa shape index (κ3) is 4.98. The molecule has 3 nitrogen and oxygen atoms in total. The largest absolute Gasteiger partial charge is 0.346 e. The Morgan fingerprint density at radius 2 is 1.53 bits per heavy atom. The van der Waals surface area contributed by atoms with E-state index < -0.39 is 6.29 Å². The van der Waals surface area contributed by atoms with E-state index in [-0.39, 0.29) is 5.82 Å². The Kier molecular flexibility index (Phi) is 7.46. The Hall–Kier alpha value is -2.82. The summed E-state index contributed by atoms with van der Waals surface area (Å²) in [5.41, 5.74) is 5.82. The third-order valence-electron chi connectivity index (χ3n) is 5.89. The molecule has 4 heteroatoms. The Balaban J connectivity index is 1.91. The minimum Gasteiger partial charge on any atom is -0.346 e. The van der Waals surface area contributed by atoms with Gasteiger partial charge in [0.1, 0.15) is 5.82 Å². The predicted octanol–water partition coefficient (Wildman–Crippen LogP) is 7.08. The first-order chi connectivity index (χ1) is 15.7. The molecule has 0 N–H and O–H groups in total. The van der Waals surface area contributed by atoms with Gasteiger partial charge in [0.25, 0.3) is 0 Å². The summed E-state index contributed by atoms with van der Waals surface area (Å²) >= 11 is 0. The molecule has 0 radical (unpaired) electrons. The molecule has 1 saturated heterocycles. The first-order valence-electron chi connectivity index (χ1n) is 11.4. The Morgan fingerprint density at radius 3 is 2.09 bits per heavy atom. The van der Waals surface area contributed by atoms with Gasteiger partial charge in [-0.1, -0.05) is 80.4 Å². The van der Waals surface area contributed by atoms with Crippen molar-refractivity contribution in [3.8, 4) is 0 Å². The van der Waals surface area contributed by atoms with Crippen LogP contribution in [-0.4, -0.2) is 18.9 Å². The van der Waals surface area contributed by atoms with Gasteiger partial charge in [0.05, 0.1) is 24.6 Å². The standard InChI is InChI=1S/C28H30FNO2/c1-3-4-7-16-23-20(2)24(29)19-25(26(23)28-31-17-18-32-28)30-27(21-12-8-5-9-13-21)22-14-10-6-11-15-22/h5-6,8-15,19,28H,3-4,7,16-18H2,1-2H3. The second-order valence-corrected chi connectivity index (χ2v) is 8.12. The highest BCUT2D eigenvalue weighted by molar-refractivity contribution is 6.14. The van der Waals surface area contributed by atoms with Crippen molar-refractivity contribution >= 4 is 11.4 Å². The minimum absolute atomic E-state index is 0.238. The average Bonchev–Trinajstić information content (AvgIpc) is 3.36. The summed E-state index contributed by atoms with van der Waals surface area (Å²) in [5.74, 6) is -0.238. The summed E-state index contributed by atoms with van der Waals surface area (Å²) in [6, 6.07) is 21.6. The molecule has 0 amide bonds. The Morgan fingerprint density at radius 1 is 0.938 bits per heavy atom. The highest BCUT2D eigenvalue weighted by atomic mass is 19.1. The monoisotopic (exact) mass is 431 g/mol.